The molecule has 0 unspecified atom stereocenters. The number of rotatable bonds is 16. The molecule has 4 aromatic carbocycles. The standard InChI is InChI=1S/C49H60N4O6S2/c1-33(2)43(45(55)53-31-35-19-17-16-18-34(35)28-42(53)44(54)51-41(46(56)57)26-27-60-6)50-30-39-29-40(32-52(39)47(58)59-48(3,4)5)61-49(36-20-10-7-11-21-36,37-22-12-8-13-23-37)38-24-14-9-15-25-38/h7-25,33,39-43,50H,26-32H2,1-6H3,(H,51,54)(H,56,57)/t39-,40-,41-,42-,43-/m0/s1. The fourth-order valence-corrected chi connectivity index (χ4v) is 10.8. The second-order valence-corrected chi connectivity index (χ2v) is 19.8. The number of aliphatic carboxylic acids is 1. The molecular weight excluding hydrogens is 805 g/mol. The summed E-state index contributed by atoms with van der Waals surface area (Å²) in [6.07, 6.45) is 2.67. The Balaban J connectivity index is 1.29. The van der Waals surface area contributed by atoms with Crippen LogP contribution in [-0.4, -0.2) is 98.9 Å². The molecule has 12 heteroatoms. The van der Waals surface area contributed by atoms with Gasteiger partial charge in [-0.15, -0.1) is 11.8 Å². The molecule has 10 nitrogen and oxygen atoms in total. The van der Waals surface area contributed by atoms with Gasteiger partial charge in [-0.2, -0.15) is 11.8 Å². The molecule has 1 fully saturated rings. The van der Waals surface area contributed by atoms with E-state index in [-0.39, 0.29) is 42.5 Å². The lowest BCUT2D eigenvalue weighted by Crippen LogP contribution is -2.60. The summed E-state index contributed by atoms with van der Waals surface area (Å²) in [5.74, 6) is -1.44. The van der Waals surface area contributed by atoms with Gasteiger partial charge >= 0.3 is 12.1 Å². The van der Waals surface area contributed by atoms with Gasteiger partial charge in [-0.1, -0.05) is 129 Å². The molecule has 5 atom stereocenters. The number of hydrogen-bond acceptors (Lipinski definition) is 8. The fourth-order valence-electron chi connectivity index (χ4n) is 8.47. The highest BCUT2D eigenvalue weighted by Crippen LogP contribution is 2.52. The molecule has 3 N–H and O–H groups in total. The van der Waals surface area contributed by atoms with Crippen LogP contribution in [0.2, 0.25) is 0 Å². The van der Waals surface area contributed by atoms with Gasteiger partial charge in [-0.25, -0.2) is 9.59 Å². The molecule has 6 rings (SSSR count). The number of ether oxygens (including phenoxy) is 1. The van der Waals surface area contributed by atoms with Gasteiger partial charge in [0.25, 0.3) is 0 Å². The maximum Gasteiger partial charge on any atom is 0.410 e. The molecule has 1 saturated heterocycles. The van der Waals surface area contributed by atoms with Gasteiger partial charge in [0.15, 0.2) is 0 Å². The minimum atomic E-state index is -1.10. The Morgan fingerprint density at radius 3 is 1.85 bits per heavy atom. The van der Waals surface area contributed by atoms with E-state index >= 15 is 0 Å². The van der Waals surface area contributed by atoms with E-state index in [9.17, 15) is 24.3 Å². The summed E-state index contributed by atoms with van der Waals surface area (Å²) in [5, 5.41) is 16.2. The van der Waals surface area contributed by atoms with Crippen molar-refractivity contribution >= 4 is 47.4 Å². The highest BCUT2D eigenvalue weighted by molar-refractivity contribution is 8.01. The number of nitrogens with one attached hydrogen (secondary N) is 2. The zero-order valence-electron chi connectivity index (χ0n) is 36.1. The van der Waals surface area contributed by atoms with E-state index < -0.39 is 46.4 Å². The third kappa shape index (κ3) is 11.0. The number of hydrogen-bond donors (Lipinski definition) is 3. The average molecular weight is 865 g/mol. The first-order chi connectivity index (χ1) is 29.2. The molecule has 0 bridgehead atoms. The maximum absolute atomic E-state index is 14.8. The highest BCUT2D eigenvalue weighted by Gasteiger charge is 2.46. The predicted octanol–water partition coefficient (Wildman–Crippen LogP) is 7.98. The normalized spacial score (nSPS) is 18.9. The molecule has 0 radical (unpaired) electrons. The number of fused-ring (bicyclic) bond motifs is 1. The summed E-state index contributed by atoms with van der Waals surface area (Å²) >= 11 is 3.35. The molecule has 0 aromatic heterocycles. The average Bonchev–Trinajstić information content (AvgIpc) is 3.66. The molecule has 2 aliphatic heterocycles. The van der Waals surface area contributed by atoms with E-state index in [1.807, 2.05) is 100 Å². The number of nitrogens with zero attached hydrogens (tertiary/aromatic N) is 2. The Hall–Kier alpha value is -4.78. The van der Waals surface area contributed by atoms with Crippen LogP contribution in [0.3, 0.4) is 0 Å². The summed E-state index contributed by atoms with van der Waals surface area (Å²) in [4.78, 5) is 58.5. The van der Waals surface area contributed by atoms with Gasteiger partial charge in [0.1, 0.15) is 17.7 Å². The van der Waals surface area contributed by atoms with Gasteiger partial charge in [0.2, 0.25) is 11.8 Å². The zero-order valence-corrected chi connectivity index (χ0v) is 37.7. The first-order valence-electron chi connectivity index (χ1n) is 21.2. The van der Waals surface area contributed by atoms with E-state index in [4.69, 9.17) is 4.74 Å². The molecule has 324 valence electrons. The molecule has 0 saturated carbocycles. The van der Waals surface area contributed by atoms with Crippen LogP contribution in [-0.2, 0) is 36.8 Å². The zero-order chi connectivity index (χ0) is 43.7. The highest BCUT2D eigenvalue weighted by atomic mass is 32.2. The van der Waals surface area contributed by atoms with Crippen LogP contribution < -0.4 is 10.6 Å². The first-order valence-corrected chi connectivity index (χ1v) is 23.5. The summed E-state index contributed by atoms with van der Waals surface area (Å²) in [6, 6.07) is 36.3. The van der Waals surface area contributed by atoms with Crippen molar-refractivity contribution in [1.82, 2.24) is 20.4 Å². The van der Waals surface area contributed by atoms with Crippen molar-refractivity contribution in [2.45, 2.75) is 100 Å². The number of thioether (sulfide) groups is 2. The Morgan fingerprint density at radius 1 is 0.803 bits per heavy atom. The van der Waals surface area contributed by atoms with Gasteiger partial charge in [-0.3, -0.25) is 9.59 Å². The van der Waals surface area contributed by atoms with Crippen molar-refractivity contribution in [1.29, 1.82) is 0 Å². The van der Waals surface area contributed by atoms with Crippen molar-refractivity contribution in [3.05, 3.63) is 143 Å². The molecule has 61 heavy (non-hydrogen) atoms. The van der Waals surface area contributed by atoms with Crippen LogP contribution in [0, 0.1) is 5.92 Å². The van der Waals surface area contributed by atoms with E-state index in [2.05, 4.69) is 83.4 Å². The lowest BCUT2D eigenvalue weighted by atomic mass is 9.84. The largest absolute Gasteiger partial charge is 0.480 e. The molecule has 4 aromatic rings. The molecule has 2 heterocycles. The topological polar surface area (TPSA) is 128 Å². The number of carboxylic acid groups (broad SMARTS) is 1. The summed E-state index contributed by atoms with van der Waals surface area (Å²) < 4.78 is 5.42. The Labute approximate surface area is 369 Å². The Bertz CT molecular complexity index is 2000. The van der Waals surface area contributed by atoms with Gasteiger partial charge in [0.05, 0.1) is 10.8 Å². The maximum atomic E-state index is 14.8. The van der Waals surface area contributed by atoms with Crippen molar-refractivity contribution in [2.75, 3.05) is 25.1 Å². The lowest BCUT2D eigenvalue weighted by molar-refractivity contribution is -0.146. The first kappa shape index (κ1) is 45.7. The fraction of sp³-hybridized carbons (Fsp3) is 0.429. The summed E-state index contributed by atoms with van der Waals surface area (Å²) in [5.41, 5.74) is 4.59. The third-order valence-electron chi connectivity index (χ3n) is 11.5. The Morgan fingerprint density at radius 2 is 1.34 bits per heavy atom. The number of benzene rings is 4. The number of carbonyl (C=O) groups is 4. The third-order valence-corrected chi connectivity index (χ3v) is 13.8. The van der Waals surface area contributed by atoms with Gasteiger partial charge < -0.3 is 30.3 Å². The van der Waals surface area contributed by atoms with Crippen LogP contribution in [0.15, 0.2) is 115 Å². The number of likely N-dealkylation sites (tertiary alicyclic amines) is 1. The lowest BCUT2D eigenvalue weighted by Gasteiger charge is -2.39. The minimum absolute atomic E-state index is 0.0203. The van der Waals surface area contributed by atoms with E-state index in [1.54, 1.807) is 4.90 Å². The van der Waals surface area contributed by atoms with E-state index in [1.165, 1.54) is 11.8 Å². The minimum Gasteiger partial charge on any atom is -0.480 e. The predicted molar refractivity (Wildman–Crippen MR) is 246 cm³/mol. The van der Waals surface area contributed by atoms with Gasteiger partial charge in [0, 0.05) is 37.3 Å². The van der Waals surface area contributed by atoms with Crippen LogP contribution in [0.4, 0.5) is 4.79 Å². The molecule has 2 aliphatic rings. The number of carbonyl (C=O) groups excluding carboxylic acids is 3. The van der Waals surface area contributed by atoms with Crippen LogP contribution >= 0.6 is 23.5 Å². The molecule has 0 aliphatic carbocycles. The van der Waals surface area contributed by atoms with Crippen LogP contribution in [0.1, 0.15) is 75.3 Å². The second-order valence-electron chi connectivity index (χ2n) is 17.3. The molecule has 3 amide bonds. The van der Waals surface area contributed by atoms with Crippen molar-refractivity contribution < 1.29 is 29.0 Å². The molecule has 0 spiro atoms. The monoisotopic (exact) mass is 864 g/mol. The van der Waals surface area contributed by atoms with Crippen LogP contribution in [0.25, 0.3) is 0 Å². The summed E-state index contributed by atoms with van der Waals surface area (Å²) in [6.45, 7) is 10.5. The smallest absolute Gasteiger partial charge is 0.410 e. The van der Waals surface area contributed by atoms with Crippen molar-refractivity contribution in [3.8, 4) is 0 Å². The van der Waals surface area contributed by atoms with Crippen molar-refractivity contribution in [3.63, 3.8) is 0 Å². The second kappa shape index (κ2) is 20.4. The van der Waals surface area contributed by atoms with E-state index in [0.29, 0.717) is 25.3 Å². The van der Waals surface area contributed by atoms with Crippen LogP contribution in [0.5, 0.6) is 0 Å². The SMILES string of the molecule is CSCC[C@H](NC(=O)[C@@H]1Cc2ccccc2CN1C(=O)[C@@H](NC[C@@H]1C[C@H](SC(c2ccccc2)(c2ccccc2)c2ccccc2)CN1C(=O)OC(C)(C)C)C(C)C)C(=O)O. The quantitative estimate of drug-likeness (QED) is 0.0962. The van der Waals surface area contributed by atoms with Gasteiger partial charge in [-0.05, 0) is 79.4 Å². The number of amides is 3. The molecular formula is C49H60N4O6S2. The van der Waals surface area contributed by atoms with Crippen molar-refractivity contribution in [2.24, 2.45) is 5.92 Å². The number of carboxylic acids is 1. The van der Waals surface area contributed by atoms with E-state index in [0.717, 1.165) is 27.8 Å². The Kier molecular flexibility index (Phi) is 15.3. The summed E-state index contributed by atoms with van der Waals surface area (Å²) in [7, 11) is 0.